The van der Waals surface area contributed by atoms with Crippen LogP contribution in [0.5, 0.6) is 0 Å². The SMILES string of the molecule is CNC(Cc1ccc(F)cc1)c1cc(C)ccn1. The predicted molar refractivity (Wildman–Crippen MR) is 70.9 cm³/mol. The Balaban J connectivity index is 2.17. The molecule has 0 bridgehead atoms. The second kappa shape index (κ2) is 5.74. The molecule has 94 valence electrons. The van der Waals surface area contributed by atoms with Crippen molar-refractivity contribution in [3.8, 4) is 0 Å². The van der Waals surface area contributed by atoms with Crippen LogP contribution < -0.4 is 5.32 Å². The van der Waals surface area contributed by atoms with E-state index in [0.29, 0.717) is 0 Å². The number of rotatable bonds is 4. The van der Waals surface area contributed by atoms with Gasteiger partial charge < -0.3 is 5.32 Å². The van der Waals surface area contributed by atoms with Crippen LogP contribution in [-0.2, 0) is 6.42 Å². The quantitative estimate of drug-likeness (QED) is 0.894. The third-order valence-electron chi connectivity index (χ3n) is 3.00. The van der Waals surface area contributed by atoms with Gasteiger partial charge in [0, 0.05) is 6.20 Å². The minimum atomic E-state index is -0.201. The second-order valence-corrected chi connectivity index (χ2v) is 4.43. The summed E-state index contributed by atoms with van der Waals surface area (Å²) in [6.07, 6.45) is 2.62. The standard InChI is InChI=1S/C15H17FN2/c1-11-7-8-18-15(9-11)14(17-2)10-12-3-5-13(16)6-4-12/h3-9,14,17H,10H2,1-2H3. The largest absolute Gasteiger partial charge is 0.311 e. The Morgan fingerprint density at radius 2 is 1.94 bits per heavy atom. The Morgan fingerprint density at radius 3 is 2.56 bits per heavy atom. The first-order valence-electron chi connectivity index (χ1n) is 6.03. The van der Waals surface area contributed by atoms with Crippen LogP contribution in [0.25, 0.3) is 0 Å². The lowest BCUT2D eigenvalue weighted by atomic mass is 10.0. The molecule has 0 aliphatic rings. The summed E-state index contributed by atoms with van der Waals surface area (Å²) in [5.41, 5.74) is 3.31. The van der Waals surface area contributed by atoms with Gasteiger partial charge in [0.2, 0.25) is 0 Å². The van der Waals surface area contributed by atoms with Gasteiger partial charge >= 0.3 is 0 Å². The van der Waals surface area contributed by atoms with E-state index >= 15 is 0 Å². The molecular weight excluding hydrogens is 227 g/mol. The molecule has 2 rings (SSSR count). The normalized spacial score (nSPS) is 12.4. The molecule has 1 aromatic heterocycles. The lowest BCUT2D eigenvalue weighted by Gasteiger charge is -2.16. The Bertz CT molecular complexity index is 508. The molecule has 0 aliphatic heterocycles. The van der Waals surface area contributed by atoms with Crippen LogP contribution in [0.1, 0.15) is 22.9 Å². The number of benzene rings is 1. The van der Waals surface area contributed by atoms with Crippen molar-refractivity contribution in [2.75, 3.05) is 7.05 Å². The molecule has 0 radical (unpaired) electrons. The zero-order valence-electron chi connectivity index (χ0n) is 10.7. The minimum absolute atomic E-state index is 0.148. The summed E-state index contributed by atoms with van der Waals surface area (Å²) in [6, 6.07) is 10.8. The van der Waals surface area contributed by atoms with E-state index in [9.17, 15) is 4.39 Å². The van der Waals surface area contributed by atoms with Crippen LogP contribution >= 0.6 is 0 Å². The number of aromatic nitrogens is 1. The molecule has 1 aromatic carbocycles. The molecule has 1 unspecified atom stereocenters. The first-order chi connectivity index (χ1) is 8.69. The first-order valence-corrected chi connectivity index (χ1v) is 6.03. The monoisotopic (exact) mass is 244 g/mol. The van der Waals surface area contributed by atoms with Crippen molar-refractivity contribution in [3.05, 3.63) is 65.2 Å². The number of aryl methyl sites for hydroxylation is 1. The van der Waals surface area contributed by atoms with Crippen molar-refractivity contribution in [2.24, 2.45) is 0 Å². The average Bonchev–Trinajstić information content (AvgIpc) is 2.38. The number of pyridine rings is 1. The summed E-state index contributed by atoms with van der Waals surface area (Å²) < 4.78 is 12.9. The highest BCUT2D eigenvalue weighted by molar-refractivity contribution is 5.22. The second-order valence-electron chi connectivity index (χ2n) is 4.43. The van der Waals surface area contributed by atoms with E-state index in [1.165, 1.54) is 17.7 Å². The summed E-state index contributed by atoms with van der Waals surface area (Å²) in [5.74, 6) is -0.201. The number of hydrogen-bond donors (Lipinski definition) is 1. The molecule has 2 aromatic rings. The lowest BCUT2D eigenvalue weighted by Crippen LogP contribution is -2.20. The Labute approximate surface area is 107 Å². The highest BCUT2D eigenvalue weighted by Gasteiger charge is 2.11. The zero-order valence-corrected chi connectivity index (χ0v) is 10.7. The van der Waals surface area contributed by atoms with E-state index in [1.807, 2.05) is 31.4 Å². The van der Waals surface area contributed by atoms with E-state index in [0.717, 1.165) is 17.7 Å². The minimum Gasteiger partial charge on any atom is -0.311 e. The third kappa shape index (κ3) is 3.14. The Hall–Kier alpha value is -1.74. The molecule has 1 N–H and O–H groups in total. The summed E-state index contributed by atoms with van der Waals surface area (Å²) in [7, 11) is 1.91. The maximum absolute atomic E-state index is 12.9. The van der Waals surface area contributed by atoms with E-state index < -0.39 is 0 Å². The topological polar surface area (TPSA) is 24.9 Å². The van der Waals surface area contributed by atoms with Gasteiger partial charge in [0.05, 0.1) is 11.7 Å². The maximum atomic E-state index is 12.9. The Kier molecular flexibility index (Phi) is 4.05. The van der Waals surface area contributed by atoms with Crippen molar-refractivity contribution in [2.45, 2.75) is 19.4 Å². The van der Waals surface area contributed by atoms with Crippen LogP contribution in [0.4, 0.5) is 4.39 Å². The molecule has 1 heterocycles. The van der Waals surface area contributed by atoms with Crippen molar-refractivity contribution in [1.82, 2.24) is 10.3 Å². The van der Waals surface area contributed by atoms with E-state index in [4.69, 9.17) is 0 Å². The van der Waals surface area contributed by atoms with Crippen molar-refractivity contribution >= 4 is 0 Å². The van der Waals surface area contributed by atoms with E-state index in [2.05, 4.69) is 23.3 Å². The number of likely N-dealkylation sites (N-methyl/N-ethyl adjacent to an activating group) is 1. The molecule has 0 spiro atoms. The molecule has 0 saturated heterocycles. The van der Waals surface area contributed by atoms with Gasteiger partial charge in [0.15, 0.2) is 0 Å². The fourth-order valence-electron chi connectivity index (χ4n) is 1.96. The highest BCUT2D eigenvalue weighted by atomic mass is 19.1. The van der Waals surface area contributed by atoms with Crippen molar-refractivity contribution in [3.63, 3.8) is 0 Å². The van der Waals surface area contributed by atoms with Crippen LogP contribution in [0.2, 0.25) is 0 Å². The number of halogens is 1. The molecule has 0 aliphatic carbocycles. The van der Waals surface area contributed by atoms with Crippen LogP contribution in [0.15, 0.2) is 42.6 Å². The van der Waals surface area contributed by atoms with E-state index in [1.54, 1.807) is 0 Å². The van der Waals surface area contributed by atoms with Gasteiger partial charge in [0.1, 0.15) is 5.82 Å². The van der Waals surface area contributed by atoms with Crippen LogP contribution in [0.3, 0.4) is 0 Å². The molecule has 18 heavy (non-hydrogen) atoms. The summed E-state index contributed by atoms with van der Waals surface area (Å²) in [5, 5.41) is 3.25. The maximum Gasteiger partial charge on any atom is 0.123 e. The molecule has 2 nitrogen and oxygen atoms in total. The van der Waals surface area contributed by atoms with Gasteiger partial charge in [-0.15, -0.1) is 0 Å². The average molecular weight is 244 g/mol. The van der Waals surface area contributed by atoms with Gasteiger partial charge in [-0.1, -0.05) is 12.1 Å². The summed E-state index contributed by atoms with van der Waals surface area (Å²) in [6.45, 7) is 2.05. The smallest absolute Gasteiger partial charge is 0.123 e. The molecule has 0 saturated carbocycles. The predicted octanol–water partition coefficient (Wildman–Crippen LogP) is 3.03. The summed E-state index contributed by atoms with van der Waals surface area (Å²) >= 11 is 0. The lowest BCUT2D eigenvalue weighted by molar-refractivity contribution is 0.573. The van der Waals surface area contributed by atoms with Crippen molar-refractivity contribution in [1.29, 1.82) is 0 Å². The van der Waals surface area contributed by atoms with Gasteiger partial charge in [-0.05, 0) is 55.8 Å². The van der Waals surface area contributed by atoms with Gasteiger partial charge in [0.25, 0.3) is 0 Å². The molecule has 3 heteroatoms. The zero-order chi connectivity index (χ0) is 13.0. The number of nitrogens with zero attached hydrogens (tertiary/aromatic N) is 1. The fraction of sp³-hybridized carbons (Fsp3) is 0.267. The first kappa shape index (κ1) is 12.7. The van der Waals surface area contributed by atoms with Gasteiger partial charge in [-0.3, -0.25) is 4.98 Å². The summed E-state index contributed by atoms with van der Waals surface area (Å²) in [4.78, 5) is 4.39. The Morgan fingerprint density at radius 1 is 1.22 bits per heavy atom. The van der Waals surface area contributed by atoms with E-state index in [-0.39, 0.29) is 11.9 Å². The third-order valence-corrected chi connectivity index (χ3v) is 3.00. The molecule has 1 atom stereocenters. The van der Waals surface area contributed by atoms with Gasteiger partial charge in [-0.2, -0.15) is 0 Å². The molecular formula is C15H17FN2. The molecule has 0 fully saturated rings. The van der Waals surface area contributed by atoms with Gasteiger partial charge in [-0.25, -0.2) is 4.39 Å². The molecule has 0 amide bonds. The highest BCUT2D eigenvalue weighted by Crippen LogP contribution is 2.17. The van der Waals surface area contributed by atoms with Crippen LogP contribution in [-0.4, -0.2) is 12.0 Å². The number of nitrogens with one attached hydrogen (secondary N) is 1. The number of hydrogen-bond acceptors (Lipinski definition) is 2. The fourth-order valence-corrected chi connectivity index (χ4v) is 1.96. The van der Waals surface area contributed by atoms with Crippen molar-refractivity contribution < 1.29 is 4.39 Å². The van der Waals surface area contributed by atoms with Crippen LogP contribution in [0, 0.1) is 12.7 Å².